The Morgan fingerprint density at radius 1 is 1.06 bits per heavy atom. The first-order valence-corrected chi connectivity index (χ1v) is 11.8. The molecule has 6 nitrogen and oxygen atoms in total. The number of aromatic nitrogens is 3. The minimum Gasteiger partial charge on any atom is -0.342 e. The number of nitrogens with zero attached hydrogens (tertiary/aromatic N) is 4. The number of hydrogen-bond donors (Lipinski definition) is 1. The average Bonchev–Trinajstić information content (AvgIpc) is 3.38. The van der Waals surface area contributed by atoms with Crippen molar-refractivity contribution in [2.24, 2.45) is 5.92 Å². The van der Waals surface area contributed by atoms with Crippen molar-refractivity contribution in [1.82, 2.24) is 19.9 Å². The number of carbonyl (C=O) groups excluding carboxylic acids is 1. The standard InChI is InChI=1S/C27H29N5O/c33-26(17-20-7-4-5-8-20)32-16-6-9-22(19-32)27-30-24(21-12-14-28-15-13-21)18-25(31-27)29-23-10-2-1-3-11-23/h1-4,7,10-15,18,20,22H,5-6,8-9,16-17,19H2,(H,29,30,31)/t20-,22+/m1/s1. The molecule has 3 heterocycles. The Balaban J connectivity index is 1.40. The zero-order chi connectivity index (χ0) is 22.5. The number of benzene rings is 1. The van der Waals surface area contributed by atoms with Crippen LogP contribution in [0.3, 0.4) is 0 Å². The molecule has 2 atom stereocenters. The van der Waals surface area contributed by atoms with Gasteiger partial charge in [0.1, 0.15) is 11.6 Å². The van der Waals surface area contributed by atoms with Gasteiger partial charge in [0.25, 0.3) is 0 Å². The van der Waals surface area contributed by atoms with E-state index in [4.69, 9.17) is 9.97 Å². The molecule has 0 radical (unpaired) electrons. The molecule has 33 heavy (non-hydrogen) atoms. The van der Waals surface area contributed by atoms with Crippen molar-refractivity contribution in [3.8, 4) is 11.3 Å². The van der Waals surface area contributed by atoms with E-state index in [9.17, 15) is 4.79 Å². The number of carbonyl (C=O) groups is 1. The van der Waals surface area contributed by atoms with Crippen molar-refractivity contribution in [2.75, 3.05) is 18.4 Å². The summed E-state index contributed by atoms with van der Waals surface area (Å²) in [6.45, 7) is 1.50. The second-order valence-electron chi connectivity index (χ2n) is 8.87. The Labute approximate surface area is 194 Å². The van der Waals surface area contributed by atoms with Crippen molar-refractivity contribution in [2.45, 2.75) is 38.0 Å². The van der Waals surface area contributed by atoms with E-state index in [1.165, 1.54) is 0 Å². The number of rotatable bonds is 6. The number of likely N-dealkylation sites (tertiary alicyclic amines) is 1. The number of anilines is 2. The van der Waals surface area contributed by atoms with Crippen LogP contribution in [0.4, 0.5) is 11.5 Å². The van der Waals surface area contributed by atoms with Gasteiger partial charge in [-0.2, -0.15) is 0 Å². The van der Waals surface area contributed by atoms with Gasteiger partial charge < -0.3 is 10.2 Å². The van der Waals surface area contributed by atoms with Crippen LogP contribution in [0.2, 0.25) is 0 Å². The SMILES string of the molecule is O=C(C[C@@H]1C=CCC1)N1CCC[C@H](c2nc(Nc3ccccc3)cc(-c3ccncc3)n2)C1. The van der Waals surface area contributed by atoms with Crippen molar-refractivity contribution >= 4 is 17.4 Å². The summed E-state index contributed by atoms with van der Waals surface area (Å²) in [5, 5.41) is 3.42. The quantitative estimate of drug-likeness (QED) is 0.525. The number of hydrogen-bond acceptors (Lipinski definition) is 5. The maximum absolute atomic E-state index is 13.0. The molecular formula is C27H29N5O. The van der Waals surface area contributed by atoms with E-state index in [0.717, 1.165) is 60.8 Å². The molecule has 1 N–H and O–H groups in total. The molecule has 2 aliphatic rings. The van der Waals surface area contributed by atoms with Crippen molar-refractivity contribution in [3.63, 3.8) is 0 Å². The van der Waals surface area contributed by atoms with Crippen molar-refractivity contribution in [3.05, 3.63) is 78.9 Å². The third-order valence-electron chi connectivity index (χ3n) is 6.45. The van der Waals surface area contributed by atoms with E-state index in [1.807, 2.05) is 53.4 Å². The van der Waals surface area contributed by atoms with Crippen LogP contribution in [-0.4, -0.2) is 38.8 Å². The fraction of sp³-hybridized carbons (Fsp3) is 0.333. The molecule has 0 saturated carbocycles. The van der Waals surface area contributed by atoms with E-state index in [1.54, 1.807) is 12.4 Å². The zero-order valence-electron chi connectivity index (χ0n) is 18.7. The summed E-state index contributed by atoms with van der Waals surface area (Å²) in [5.41, 5.74) is 2.84. The molecule has 1 fully saturated rings. The van der Waals surface area contributed by atoms with Gasteiger partial charge in [0.2, 0.25) is 5.91 Å². The summed E-state index contributed by atoms with van der Waals surface area (Å²) < 4.78 is 0. The molecular weight excluding hydrogens is 410 g/mol. The lowest BCUT2D eigenvalue weighted by Crippen LogP contribution is -2.40. The first-order chi connectivity index (χ1) is 16.2. The normalized spacial score (nSPS) is 20.1. The van der Waals surface area contributed by atoms with E-state index in [-0.39, 0.29) is 11.8 Å². The minimum absolute atomic E-state index is 0.125. The number of piperidine rings is 1. The summed E-state index contributed by atoms with van der Waals surface area (Å²) in [6, 6.07) is 15.9. The summed E-state index contributed by atoms with van der Waals surface area (Å²) in [7, 11) is 0. The third-order valence-corrected chi connectivity index (χ3v) is 6.45. The Morgan fingerprint density at radius 2 is 1.91 bits per heavy atom. The lowest BCUT2D eigenvalue weighted by Gasteiger charge is -2.33. The summed E-state index contributed by atoms with van der Waals surface area (Å²) in [5.74, 6) is 2.33. The first kappa shape index (κ1) is 21.3. The maximum Gasteiger partial charge on any atom is 0.223 e. The third kappa shape index (κ3) is 5.28. The monoisotopic (exact) mass is 439 g/mol. The molecule has 3 aromatic rings. The molecule has 0 spiro atoms. The summed E-state index contributed by atoms with van der Waals surface area (Å²) in [6.07, 6.45) is 12.7. The van der Waals surface area contributed by atoms with Gasteiger partial charge in [-0.15, -0.1) is 0 Å². The number of para-hydroxylation sites is 1. The van der Waals surface area contributed by atoms with E-state index in [0.29, 0.717) is 18.9 Å². The highest BCUT2D eigenvalue weighted by Gasteiger charge is 2.28. The smallest absolute Gasteiger partial charge is 0.223 e. The predicted molar refractivity (Wildman–Crippen MR) is 130 cm³/mol. The lowest BCUT2D eigenvalue weighted by molar-refractivity contribution is -0.133. The average molecular weight is 440 g/mol. The Hall–Kier alpha value is -3.54. The number of amides is 1. The van der Waals surface area contributed by atoms with Crippen LogP contribution in [-0.2, 0) is 4.79 Å². The van der Waals surface area contributed by atoms with Gasteiger partial charge in [-0.1, -0.05) is 30.4 Å². The van der Waals surface area contributed by atoms with Gasteiger partial charge in [-0.05, 0) is 55.9 Å². The molecule has 2 aromatic heterocycles. The van der Waals surface area contributed by atoms with Crippen LogP contribution in [0.5, 0.6) is 0 Å². The fourth-order valence-electron chi connectivity index (χ4n) is 4.69. The molecule has 1 amide bonds. The van der Waals surface area contributed by atoms with Crippen molar-refractivity contribution in [1.29, 1.82) is 0 Å². The lowest BCUT2D eigenvalue weighted by atomic mass is 9.95. The van der Waals surface area contributed by atoms with E-state index in [2.05, 4.69) is 22.5 Å². The van der Waals surface area contributed by atoms with Gasteiger partial charge in [0.05, 0.1) is 5.69 Å². The number of pyridine rings is 1. The first-order valence-electron chi connectivity index (χ1n) is 11.8. The van der Waals surface area contributed by atoms with Crippen LogP contribution < -0.4 is 5.32 Å². The molecule has 168 valence electrons. The second-order valence-corrected chi connectivity index (χ2v) is 8.87. The van der Waals surface area contributed by atoms with Crippen LogP contribution in [0.25, 0.3) is 11.3 Å². The molecule has 1 aromatic carbocycles. The van der Waals surface area contributed by atoms with Crippen LogP contribution >= 0.6 is 0 Å². The van der Waals surface area contributed by atoms with Crippen LogP contribution in [0.1, 0.15) is 43.8 Å². The van der Waals surface area contributed by atoms with E-state index < -0.39 is 0 Å². The summed E-state index contributed by atoms with van der Waals surface area (Å²) >= 11 is 0. The molecule has 1 aliphatic carbocycles. The highest BCUT2D eigenvalue weighted by Crippen LogP contribution is 2.30. The van der Waals surface area contributed by atoms with E-state index >= 15 is 0 Å². The number of nitrogens with one attached hydrogen (secondary N) is 1. The van der Waals surface area contributed by atoms with Gasteiger partial charge in [0.15, 0.2) is 0 Å². The van der Waals surface area contributed by atoms with Crippen LogP contribution in [0, 0.1) is 5.92 Å². The topological polar surface area (TPSA) is 71.0 Å². The minimum atomic E-state index is 0.125. The van der Waals surface area contributed by atoms with Gasteiger partial charge in [0, 0.05) is 55.1 Å². The maximum atomic E-state index is 13.0. The number of allylic oxidation sites excluding steroid dienone is 2. The molecule has 5 rings (SSSR count). The van der Waals surface area contributed by atoms with Gasteiger partial charge in [-0.25, -0.2) is 9.97 Å². The molecule has 0 bridgehead atoms. The predicted octanol–water partition coefficient (Wildman–Crippen LogP) is 5.34. The van der Waals surface area contributed by atoms with Gasteiger partial charge in [-0.3, -0.25) is 9.78 Å². The highest BCUT2D eigenvalue weighted by atomic mass is 16.2. The molecule has 6 heteroatoms. The van der Waals surface area contributed by atoms with Crippen LogP contribution in [0.15, 0.2) is 73.1 Å². The highest BCUT2D eigenvalue weighted by molar-refractivity contribution is 5.77. The van der Waals surface area contributed by atoms with Gasteiger partial charge >= 0.3 is 0 Å². The summed E-state index contributed by atoms with van der Waals surface area (Å²) in [4.78, 5) is 28.9. The second kappa shape index (κ2) is 9.94. The Kier molecular flexibility index (Phi) is 6.42. The molecule has 0 unspecified atom stereocenters. The largest absolute Gasteiger partial charge is 0.342 e. The zero-order valence-corrected chi connectivity index (χ0v) is 18.7. The Bertz CT molecular complexity index is 1120. The molecule has 1 saturated heterocycles. The Morgan fingerprint density at radius 3 is 2.70 bits per heavy atom. The fourth-order valence-corrected chi connectivity index (χ4v) is 4.69. The molecule has 1 aliphatic heterocycles. The van der Waals surface area contributed by atoms with Crippen molar-refractivity contribution < 1.29 is 4.79 Å².